The van der Waals surface area contributed by atoms with E-state index < -0.39 is 11.5 Å². The van der Waals surface area contributed by atoms with Crippen molar-refractivity contribution in [2.75, 3.05) is 13.7 Å². The molecule has 16 heavy (non-hydrogen) atoms. The second-order valence-electron chi connectivity index (χ2n) is 4.71. The Morgan fingerprint density at radius 2 is 2.25 bits per heavy atom. The van der Waals surface area contributed by atoms with E-state index >= 15 is 0 Å². The minimum Gasteiger partial charge on any atom is -0.480 e. The van der Waals surface area contributed by atoms with Crippen LogP contribution in [-0.4, -0.2) is 36.4 Å². The first kappa shape index (κ1) is 13.5. The topological polar surface area (TPSA) is 58.6 Å². The number of hydrogen-bond donors (Lipinski definition) is 2. The molecule has 1 rings (SSSR count). The lowest BCUT2D eigenvalue weighted by molar-refractivity contribution is -0.150. The van der Waals surface area contributed by atoms with E-state index in [-0.39, 0.29) is 18.6 Å². The minimum atomic E-state index is -0.873. The first-order chi connectivity index (χ1) is 7.56. The van der Waals surface area contributed by atoms with Crippen LogP contribution in [0, 0.1) is 5.92 Å². The van der Waals surface area contributed by atoms with E-state index in [2.05, 4.69) is 12.2 Å². The van der Waals surface area contributed by atoms with Gasteiger partial charge in [0.2, 0.25) is 0 Å². The maximum Gasteiger partial charge on any atom is 0.326 e. The van der Waals surface area contributed by atoms with Gasteiger partial charge in [-0.1, -0.05) is 13.3 Å². The molecule has 0 aliphatic heterocycles. The van der Waals surface area contributed by atoms with Gasteiger partial charge < -0.3 is 15.2 Å². The van der Waals surface area contributed by atoms with Crippen LogP contribution in [0.4, 0.5) is 0 Å². The second-order valence-corrected chi connectivity index (χ2v) is 4.71. The molecule has 2 N–H and O–H groups in total. The number of carboxylic acids is 1. The number of rotatable bonds is 8. The molecule has 2 atom stereocenters. The summed E-state index contributed by atoms with van der Waals surface area (Å²) < 4.78 is 5.66. The molecule has 2 unspecified atom stereocenters. The highest BCUT2D eigenvalue weighted by atomic mass is 16.5. The van der Waals surface area contributed by atoms with Gasteiger partial charge in [-0.3, -0.25) is 4.79 Å². The Morgan fingerprint density at radius 3 is 2.62 bits per heavy atom. The molecule has 1 aliphatic carbocycles. The van der Waals surface area contributed by atoms with Crippen LogP contribution in [0.5, 0.6) is 0 Å². The van der Waals surface area contributed by atoms with E-state index in [0.29, 0.717) is 0 Å². The maximum absolute atomic E-state index is 11.4. The van der Waals surface area contributed by atoms with Crippen molar-refractivity contribution in [2.24, 2.45) is 5.92 Å². The summed E-state index contributed by atoms with van der Waals surface area (Å²) in [5.41, 5.74) is -0.873. The van der Waals surface area contributed by atoms with Crippen molar-refractivity contribution in [3.8, 4) is 0 Å². The van der Waals surface area contributed by atoms with Crippen molar-refractivity contribution in [3.63, 3.8) is 0 Å². The highest BCUT2D eigenvalue weighted by molar-refractivity contribution is 5.80. The van der Waals surface area contributed by atoms with Gasteiger partial charge >= 0.3 is 5.97 Å². The van der Waals surface area contributed by atoms with E-state index in [1.807, 2.05) is 6.92 Å². The Morgan fingerprint density at radius 1 is 1.62 bits per heavy atom. The zero-order valence-corrected chi connectivity index (χ0v) is 10.5. The van der Waals surface area contributed by atoms with Crippen LogP contribution in [0.2, 0.25) is 0 Å². The number of ether oxygens (including phenoxy) is 1. The Bertz CT molecular complexity index is 240. The summed E-state index contributed by atoms with van der Waals surface area (Å²) >= 11 is 0. The molecular formula is C12H23NO3. The first-order valence-electron chi connectivity index (χ1n) is 6.10. The van der Waals surface area contributed by atoms with E-state index in [4.69, 9.17) is 4.74 Å². The summed E-state index contributed by atoms with van der Waals surface area (Å²) in [4.78, 5) is 11.4. The lowest BCUT2D eigenvalue weighted by Gasteiger charge is -2.30. The molecule has 0 amide bonds. The third-order valence-corrected chi connectivity index (χ3v) is 3.39. The van der Waals surface area contributed by atoms with Gasteiger partial charge in [0.05, 0.1) is 12.7 Å². The Labute approximate surface area is 97.4 Å². The number of likely N-dealkylation sites (N-methyl/N-ethyl adjacent to an activating group) is 1. The molecule has 1 saturated carbocycles. The maximum atomic E-state index is 11.4. The molecule has 0 aromatic heterocycles. The third kappa shape index (κ3) is 2.95. The molecule has 0 aromatic carbocycles. The second kappa shape index (κ2) is 5.64. The van der Waals surface area contributed by atoms with Crippen LogP contribution < -0.4 is 5.32 Å². The molecule has 94 valence electrons. The summed E-state index contributed by atoms with van der Waals surface area (Å²) in [5.74, 6) is -0.565. The highest BCUT2D eigenvalue weighted by Crippen LogP contribution is 2.40. The van der Waals surface area contributed by atoms with E-state index in [9.17, 15) is 9.90 Å². The van der Waals surface area contributed by atoms with Crippen molar-refractivity contribution < 1.29 is 14.6 Å². The quantitative estimate of drug-likeness (QED) is 0.664. The standard InChI is InChI=1S/C12H23NO3/c1-4-5-9(2)16-8-12(13-3,11(14)15)10-6-7-10/h9-10,13H,4-8H2,1-3H3,(H,14,15). The van der Waals surface area contributed by atoms with Crippen molar-refractivity contribution in [3.05, 3.63) is 0 Å². The smallest absolute Gasteiger partial charge is 0.326 e. The Balaban J connectivity index is 2.53. The largest absolute Gasteiger partial charge is 0.480 e. The predicted octanol–water partition coefficient (Wildman–Crippen LogP) is 1.64. The van der Waals surface area contributed by atoms with Crippen LogP contribution in [-0.2, 0) is 9.53 Å². The van der Waals surface area contributed by atoms with Gasteiger partial charge in [0, 0.05) is 0 Å². The molecule has 0 radical (unpaired) electrons. The van der Waals surface area contributed by atoms with Crippen LogP contribution >= 0.6 is 0 Å². The first-order valence-corrected chi connectivity index (χ1v) is 6.10. The molecule has 0 heterocycles. The van der Waals surface area contributed by atoms with Gasteiger partial charge in [-0.2, -0.15) is 0 Å². The third-order valence-electron chi connectivity index (χ3n) is 3.39. The number of aliphatic carboxylic acids is 1. The summed E-state index contributed by atoms with van der Waals surface area (Å²) in [5, 5.41) is 12.3. The van der Waals surface area contributed by atoms with E-state index in [1.54, 1.807) is 7.05 Å². The lowest BCUT2D eigenvalue weighted by atomic mass is 9.94. The SMILES string of the molecule is CCCC(C)OCC(NC)(C(=O)O)C1CC1. The number of carbonyl (C=O) groups is 1. The summed E-state index contributed by atoms with van der Waals surface area (Å²) in [6.45, 7) is 4.37. The fourth-order valence-corrected chi connectivity index (χ4v) is 2.08. The van der Waals surface area contributed by atoms with E-state index in [0.717, 1.165) is 25.7 Å². The molecule has 1 fully saturated rings. The molecule has 0 spiro atoms. The molecule has 1 aliphatic rings. The summed E-state index contributed by atoms with van der Waals surface area (Å²) in [7, 11) is 1.71. The fourth-order valence-electron chi connectivity index (χ4n) is 2.08. The minimum absolute atomic E-state index is 0.135. The van der Waals surface area contributed by atoms with Gasteiger partial charge in [0.25, 0.3) is 0 Å². The summed E-state index contributed by atoms with van der Waals surface area (Å²) in [6.07, 6.45) is 4.14. The zero-order chi connectivity index (χ0) is 12.2. The van der Waals surface area contributed by atoms with Gasteiger partial charge in [-0.15, -0.1) is 0 Å². The molecule has 4 heteroatoms. The molecule has 0 aromatic rings. The number of nitrogens with one attached hydrogen (secondary N) is 1. The zero-order valence-electron chi connectivity index (χ0n) is 10.5. The lowest BCUT2D eigenvalue weighted by Crippen LogP contribution is -2.56. The van der Waals surface area contributed by atoms with Crippen molar-refractivity contribution in [2.45, 2.75) is 51.2 Å². The van der Waals surface area contributed by atoms with Crippen LogP contribution in [0.1, 0.15) is 39.5 Å². The molecule has 0 bridgehead atoms. The predicted molar refractivity (Wildman–Crippen MR) is 62.5 cm³/mol. The Hall–Kier alpha value is -0.610. The van der Waals surface area contributed by atoms with Crippen molar-refractivity contribution in [1.82, 2.24) is 5.32 Å². The fraction of sp³-hybridized carbons (Fsp3) is 0.917. The van der Waals surface area contributed by atoms with E-state index in [1.165, 1.54) is 0 Å². The van der Waals surface area contributed by atoms with Crippen LogP contribution in [0.3, 0.4) is 0 Å². The summed E-state index contributed by atoms with van der Waals surface area (Å²) in [6, 6.07) is 0. The number of hydrogen-bond acceptors (Lipinski definition) is 3. The van der Waals surface area contributed by atoms with Crippen LogP contribution in [0.15, 0.2) is 0 Å². The van der Waals surface area contributed by atoms with Crippen molar-refractivity contribution in [1.29, 1.82) is 0 Å². The average Bonchev–Trinajstić information content (AvgIpc) is 3.04. The van der Waals surface area contributed by atoms with Gasteiger partial charge in [0.1, 0.15) is 5.54 Å². The number of carboxylic acid groups (broad SMARTS) is 1. The van der Waals surface area contributed by atoms with Crippen molar-refractivity contribution >= 4 is 5.97 Å². The molecule has 4 nitrogen and oxygen atoms in total. The highest BCUT2D eigenvalue weighted by Gasteiger charge is 2.50. The van der Waals surface area contributed by atoms with Gasteiger partial charge in [0.15, 0.2) is 0 Å². The Kier molecular flexibility index (Phi) is 4.74. The van der Waals surface area contributed by atoms with Crippen LogP contribution in [0.25, 0.3) is 0 Å². The molecule has 0 saturated heterocycles. The molecular weight excluding hydrogens is 206 g/mol. The monoisotopic (exact) mass is 229 g/mol. The van der Waals surface area contributed by atoms with Gasteiger partial charge in [-0.25, -0.2) is 0 Å². The van der Waals surface area contributed by atoms with Gasteiger partial charge in [-0.05, 0) is 39.2 Å². The average molecular weight is 229 g/mol. The normalized spacial score (nSPS) is 21.4.